The standard InChI is InChI=1S/C14H25N5O/c1-15-5-3-4-6-19-14(20)11-13(12-16-19)18-9-7-17(2)8-10-18/h11-12,15H,3-10H2,1-2H3. The Bertz CT molecular complexity index is 465. The van der Waals surface area contributed by atoms with Crippen LogP contribution in [-0.2, 0) is 6.54 Å². The molecule has 0 atom stereocenters. The van der Waals surface area contributed by atoms with Gasteiger partial charge in [-0.25, -0.2) is 4.68 Å². The van der Waals surface area contributed by atoms with Crippen molar-refractivity contribution in [2.75, 3.05) is 51.7 Å². The highest BCUT2D eigenvalue weighted by Crippen LogP contribution is 2.12. The zero-order valence-electron chi connectivity index (χ0n) is 12.5. The number of hydrogen-bond acceptors (Lipinski definition) is 5. The van der Waals surface area contributed by atoms with Crippen molar-refractivity contribution in [1.82, 2.24) is 20.0 Å². The van der Waals surface area contributed by atoms with Gasteiger partial charge in [-0.3, -0.25) is 4.79 Å². The van der Waals surface area contributed by atoms with Crippen LogP contribution in [0.15, 0.2) is 17.1 Å². The van der Waals surface area contributed by atoms with Crippen LogP contribution in [0.5, 0.6) is 0 Å². The molecule has 6 heteroatoms. The van der Waals surface area contributed by atoms with Gasteiger partial charge in [0.05, 0.1) is 11.9 Å². The first kappa shape index (κ1) is 15.0. The summed E-state index contributed by atoms with van der Waals surface area (Å²) in [6.45, 7) is 5.67. The first-order chi connectivity index (χ1) is 9.70. The van der Waals surface area contributed by atoms with E-state index in [1.807, 2.05) is 13.2 Å². The summed E-state index contributed by atoms with van der Waals surface area (Å²) in [4.78, 5) is 16.6. The molecular weight excluding hydrogens is 254 g/mol. The zero-order valence-corrected chi connectivity index (χ0v) is 12.5. The minimum atomic E-state index is 0.00545. The molecule has 0 spiro atoms. The van der Waals surface area contributed by atoms with Crippen molar-refractivity contribution in [2.24, 2.45) is 0 Å². The van der Waals surface area contributed by atoms with E-state index in [1.165, 1.54) is 0 Å². The van der Waals surface area contributed by atoms with E-state index in [0.29, 0.717) is 6.54 Å². The molecule has 0 aliphatic carbocycles. The number of anilines is 1. The molecule has 0 radical (unpaired) electrons. The van der Waals surface area contributed by atoms with Crippen LogP contribution < -0.4 is 15.8 Å². The second-order valence-electron chi connectivity index (χ2n) is 5.38. The number of unbranched alkanes of at least 4 members (excludes halogenated alkanes) is 1. The Balaban J connectivity index is 1.93. The van der Waals surface area contributed by atoms with Crippen molar-refractivity contribution in [3.05, 3.63) is 22.6 Å². The van der Waals surface area contributed by atoms with Gasteiger partial charge < -0.3 is 15.1 Å². The van der Waals surface area contributed by atoms with E-state index in [2.05, 4.69) is 27.3 Å². The molecule has 1 fully saturated rings. The maximum atomic E-state index is 12.1. The lowest BCUT2D eigenvalue weighted by molar-refractivity contribution is 0.312. The number of hydrogen-bond donors (Lipinski definition) is 1. The third-order valence-electron chi connectivity index (χ3n) is 3.77. The predicted molar refractivity (Wildman–Crippen MR) is 81.4 cm³/mol. The highest BCUT2D eigenvalue weighted by atomic mass is 16.1. The Kier molecular flexibility index (Phi) is 5.55. The first-order valence-corrected chi connectivity index (χ1v) is 7.36. The van der Waals surface area contributed by atoms with E-state index in [0.717, 1.165) is 51.3 Å². The molecule has 1 aliphatic rings. The van der Waals surface area contributed by atoms with Crippen LogP contribution in [0.4, 0.5) is 5.69 Å². The van der Waals surface area contributed by atoms with Crippen molar-refractivity contribution in [2.45, 2.75) is 19.4 Å². The molecule has 0 unspecified atom stereocenters. The molecule has 6 nitrogen and oxygen atoms in total. The van der Waals surface area contributed by atoms with Crippen LogP contribution in [0.25, 0.3) is 0 Å². The van der Waals surface area contributed by atoms with E-state index in [9.17, 15) is 4.79 Å². The average molecular weight is 279 g/mol. The van der Waals surface area contributed by atoms with Gasteiger partial charge in [-0.2, -0.15) is 5.10 Å². The molecule has 0 saturated carbocycles. The van der Waals surface area contributed by atoms with Gasteiger partial charge >= 0.3 is 0 Å². The van der Waals surface area contributed by atoms with Crippen molar-refractivity contribution in [1.29, 1.82) is 0 Å². The number of rotatable bonds is 6. The van der Waals surface area contributed by atoms with E-state index < -0.39 is 0 Å². The molecule has 0 amide bonds. The molecular formula is C14H25N5O. The summed E-state index contributed by atoms with van der Waals surface area (Å²) in [5.41, 5.74) is 0.959. The minimum absolute atomic E-state index is 0.00545. The van der Waals surface area contributed by atoms with Gasteiger partial charge in [0.25, 0.3) is 5.56 Å². The fourth-order valence-corrected chi connectivity index (χ4v) is 2.39. The second kappa shape index (κ2) is 7.40. The number of nitrogens with one attached hydrogen (secondary N) is 1. The van der Waals surface area contributed by atoms with Crippen LogP contribution >= 0.6 is 0 Å². The van der Waals surface area contributed by atoms with Crippen LogP contribution in [-0.4, -0.2) is 61.5 Å². The summed E-state index contributed by atoms with van der Waals surface area (Å²) in [5, 5.41) is 7.40. The highest BCUT2D eigenvalue weighted by molar-refractivity contribution is 5.43. The number of nitrogens with zero attached hydrogens (tertiary/aromatic N) is 4. The first-order valence-electron chi connectivity index (χ1n) is 7.36. The summed E-state index contributed by atoms with van der Waals surface area (Å²) in [7, 11) is 4.06. The van der Waals surface area contributed by atoms with Gasteiger partial charge in [0.2, 0.25) is 0 Å². The van der Waals surface area contributed by atoms with Crippen LogP contribution in [0.2, 0.25) is 0 Å². The van der Waals surface area contributed by atoms with Gasteiger partial charge in [0.15, 0.2) is 0 Å². The van der Waals surface area contributed by atoms with Gasteiger partial charge in [-0.15, -0.1) is 0 Å². The Morgan fingerprint density at radius 2 is 2.00 bits per heavy atom. The van der Waals surface area contributed by atoms with Crippen LogP contribution in [0.3, 0.4) is 0 Å². The van der Waals surface area contributed by atoms with Crippen LogP contribution in [0.1, 0.15) is 12.8 Å². The third kappa shape index (κ3) is 4.05. The van der Waals surface area contributed by atoms with Gasteiger partial charge in [-0.1, -0.05) is 0 Å². The van der Waals surface area contributed by atoms with E-state index in [4.69, 9.17) is 0 Å². The second-order valence-corrected chi connectivity index (χ2v) is 5.38. The molecule has 2 heterocycles. The van der Waals surface area contributed by atoms with Gasteiger partial charge in [0, 0.05) is 38.8 Å². The molecule has 2 rings (SSSR count). The number of piperazine rings is 1. The molecule has 1 aliphatic heterocycles. The quantitative estimate of drug-likeness (QED) is 0.743. The van der Waals surface area contributed by atoms with Crippen molar-refractivity contribution < 1.29 is 0 Å². The molecule has 1 aromatic rings. The molecule has 112 valence electrons. The van der Waals surface area contributed by atoms with Crippen molar-refractivity contribution in [3.63, 3.8) is 0 Å². The topological polar surface area (TPSA) is 53.4 Å². The summed E-state index contributed by atoms with van der Waals surface area (Å²) < 4.78 is 1.56. The molecule has 1 N–H and O–H groups in total. The van der Waals surface area contributed by atoms with Crippen molar-refractivity contribution >= 4 is 5.69 Å². The molecule has 0 bridgehead atoms. The number of aromatic nitrogens is 2. The minimum Gasteiger partial charge on any atom is -0.368 e. The van der Waals surface area contributed by atoms with E-state index in [-0.39, 0.29) is 5.56 Å². The summed E-state index contributed by atoms with van der Waals surface area (Å²) in [6, 6.07) is 1.72. The predicted octanol–water partition coefficient (Wildman–Crippen LogP) is -0.00530. The smallest absolute Gasteiger partial charge is 0.268 e. The van der Waals surface area contributed by atoms with Gasteiger partial charge in [0.1, 0.15) is 0 Å². The van der Waals surface area contributed by atoms with Crippen molar-refractivity contribution in [3.8, 4) is 0 Å². The molecule has 1 aromatic heterocycles. The zero-order chi connectivity index (χ0) is 14.4. The lowest BCUT2D eigenvalue weighted by atomic mass is 10.3. The summed E-state index contributed by atoms with van der Waals surface area (Å²) in [6.07, 6.45) is 3.86. The van der Waals surface area contributed by atoms with Gasteiger partial charge in [-0.05, 0) is 33.5 Å². The monoisotopic (exact) mass is 279 g/mol. The molecule has 0 aromatic carbocycles. The SMILES string of the molecule is CNCCCCn1ncc(N2CCN(C)CC2)cc1=O. The number of likely N-dealkylation sites (N-methyl/N-ethyl adjacent to an activating group) is 1. The van der Waals surface area contributed by atoms with Crippen LogP contribution in [0, 0.1) is 0 Å². The fourth-order valence-electron chi connectivity index (χ4n) is 2.39. The third-order valence-corrected chi connectivity index (χ3v) is 3.77. The van der Waals surface area contributed by atoms with E-state index in [1.54, 1.807) is 10.7 Å². The average Bonchev–Trinajstić information content (AvgIpc) is 2.46. The normalized spacial score (nSPS) is 16.6. The highest BCUT2D eigenvalue weighted by Gasteiger charge is 2.15. The summed E-state index contributed by atoms with van der Waals surface area (Å²) >= 11 is 0. The Morgan fingerprint density at radius 3 is 2.65 bits per heavy atom. The largest absolute Gasteiger partial charge is 0.368 e. The fraction of sp³-hybridized carbons (Fsp3) is 0.714. The Hall–Kier alpha value is -1.40. The molecule has 1 saturated heterocycles. The maximum Gasteiger partial charge on any atom is 0.268 e. The lowest BCUT2D eigenvalue weighted by Gasteiger charge is -2.33. The maximum absolute atomic E-state index is 12.1. The lowest BCUT2D eigenvalue weighted by Crippen LogP contribution is -2.45. The Labute approximate surface area is 120 Å². The molecule has 20 heavy (non-hydrogen) atoms. The van der Waals surface area contributed by atoms with E-state index >= 15 is 0 Å². The summed E-state index contributed by atoms with van der Waals surface area (Å²) in [5.74, 6) is 0. The Morgan fingerprint density at radius 1 is 1.25 bits per heavy atom. The number of aryl methyl sites for hydroxylation is 1.